The standard InChI is InChI=1S/C15H19ClN4OS/c1-11-6-8-18-20(11)9-3-7-17-15(22)19-13-10-12(16)4-5-14(13)21-2/h4-6,8,10H,3,7,9H2,1-2H3,(H2,17,19,22). The van der Waals surface area contributed by atoms with E-state index < -0.39 is 0 Å². The van der Waals surface area contributed by atoms with E-state index in [1.807, 2.05) is 17.7 Å². The number of hydrogen-bond acceptors (Lipinski definition) is 3. The quantitative estimate of drug-likeness (QED) is 0.625. The zero-order valence-corrected chi connectivity index (χ0v) is 14.2. The maximum atomic E-state index is 5.99. The number of anilines is 1. The van der Waals surface area contributed by atoms with Crippen molar-refractivity contribution in [3.05, 3.63) is 41.2 Å². The zero-order chi connectivity index (χ0) is 15.9. The summed E-state index contributed by atoms with van der Waals surface area (Å²) >= 11 is 11.3. The Morgan fingerprint density at radius 2 is 2.23 bits per heavy atom. The summed E-state index contributed by atoms with van der Waals surface area (Å²) in [5.41, 5.74) is 1.90. The first-order chi connectivity index (χ1) is 10.6. The van der Waals surface area contributed by atoms with Gasteiger partial charge in [-0.25, -0.2) is 0 Å². The van der Waals surface area contributed by atoms with Crippen LogP contribution in [0.2, 0.25) is 5.02 Å². The minimum absolute atomic E-state index is 0.540. The molecule has 0 aliphatic rings. The average Bonchev–Trinajstić information content (AvgIpc) is 2.89. The van der Waals surface area contributed by atoms with Crippen molar-refractivity contribution in [1.82, 2.24) is 15.1 Å². The van der Waals surface area contributed by atoms with E-state index in [-0.39, 0.29) is 0 Å². The van der Waals surface area contributed by atoms with E-state index in [0.29, 0.717) is 15.9 Å². The number of aromatic nitrogens is 2. The summed E-state index contributed by atoms with van der Waals surface area (Å²) in [5.74, 6) is 0.695. The van der Waals surface area contributed by atoms with Crippen molar-refractivity contribution in [2.24, 2.45) is 0 Å². The second kappa shape index (κ2) is 8.00. The SMILES string of the molecule is COc1ccc(Cl)cc1NC(=S)NCCCn1nccc1C. The molecule has 1 aromatic carbocycles. The third-order valence-electron chi connectivity index (χ3n) is 3.17. The first-order valence-corrected chi connectivity index (χ1v) is 7.75. The van der Waals surface area contributed by atoms with Crippen LogP contribution in [0.15, 0.2) is 30.5 Å². The van der Waals surface area contributed by atoms with Crippen molar-refractivity contribution in [1.29, 1.82) is 0 Å². The predicted octanol–water partition coefficient (Wildman–Crippen LogP) is 3.23. The number of benzene rings is 1. The van der Waals surface area contributed by atoms with Gasteiger partial charge in [-0.2, -0.15) is 5.10 Å². The number of halogens is 1. The van der Waals surface area contributed by atoms with Gasteiger partial charge in [-0.15, -0.1) is 0 Å². The Morgan fingerprint density at radius 3 is 2.91 bits per heavy atom. The first kappa shape index (κ1) is 16.6. The lowest BCUT2D eigenvalue weighted by molar-refractivity contribution is 0.417. The smallest absolute Gasteiger partial charge is 0.170 e. The number of thiocarbonyl (C=S) groups is 1. The van der Waals surface area contributed by atoms with E-state index >= 15 is 0 Å². The summed E-state index contributed by atoms with van der Waals surface area (Å²) < 4.78 is 7.24. The third-order valence-corrected chi connectivity index (χ3v) is 3.65. The molecule has 2 aromatic rings. The minimum Gasteiger partial charge on any atom is -0.495 e. The van der Waals surface area contributed by atoms with Crippen LogP contribution in [0, 0.1) is 6.92 Å². The Hall–Kier alpha value is -1.79. The van der Waals surface area contributed by atoms with E-state index in [9.17, 15) is 0 Å². The molecule has 2 N–H and O–H groups in total. The topological polar surface area (TPSA) is 51.1 Å². The monoisotopic (exact) mass is 338 g/mol. The molecule has 0 atom stereocenters. The molecule has 2 rings (SSSR count). The Kier molecular flexibility index (Phi) is 6.03. The van der Waals surface area contributed by atoms with Crippen LogP contribution in [0.1, 0.15) is 12.1 Å². The van der Waals surface area contributed by atoms with Crippen LogP contribution >= 0.6 is 23.8 Å². The Bertz CT molecular complexity index is 644. The highest BCUT2D eigenvalue weighted by Crippen LogP contribution is 2.27. The Morgan fingerprint density at radius 1 is 1.41 bits per heavy atom. The van der Waals surface area contributed by atoms with Crippen molar-refractivity contribution in [3.8, 4) is 5.75 Å². The van der Waals surface area contributed by atoms with Gasteiger partial charge in [-0.3, -0.25) is 4.68 Å². The normalized spacial score (nSPS) is 10.3. The molecular weight excluding hydrogens is 320 g/mol. The molecule has 0 unspecified atom stereocenters. The van der Waals surface area contributed by atoms with Gasteiger partial charge in [0.15, 0.2) is 5.11 Å². The average molecular weight is 339 g/mol. The molecule has 118 valence electrons. The van der Waals surface area contributed by atoms with E-state index in [4.69, 9.17) is 28.6 Å². The molecule has 7 heteroatoms. The summed E-state index contributed by atoms with van der Waals surface area (Å²) in [4.78, 5) is 0. The van der Waals surface area contributed by atoms with Crippen LogP contribution in [0.3, 0.4) is 0 Å². The molecule has 5 nitrogen and oxygen atoms in total. The largest absolute Gasteiger partial charge is 0.495 e. The van der Waals surface area contributed by atoms with Crippen molar-refractivity contribution in [2.75, 3.05) is 19.0 Å². The second-order valence-electron chi connectivity index (χ2n) is 4.77. The number of hydrogen-bond donors (Lipinski definition) is 2. The molecule has 1 aromatic heterocycles. The highest BCUT2D eigenvalue weighted by Gasteiger charge is 2.05. The maximum absolute atomic E-state index is 5.99. The lowest BCUT2D eigenvalue weighted by atomic mass is 10.3. The minimum atomic E-state index is 0.540. The highest BCUT2D eigenvalue weighted by molar-refractivity contribution is 7.80. The summed E-state index contributed by atoms with van der Waals surface area (Å²) in [6.07, 6.45) is 2.73. The van der Waals surface area contributed by atoms with Crippen LogP contribution in [0.5, 0.6) is 5.75 Å². The van der Waals surface area contributed by atoms with Gasteiger partial charge in [-0.1, -0.05) is 11.6 Å². The molecule has 0 aliphatic heterocycles. The molecule has 22 heavy (non-hydrogen) atoms. The van der Waals surface area contributed by atoms with Crippen molar-refractivity contribution < 1.29 is 4.74 Å². The number of methoxy groups -OCH3 is 1. The molecule has 1 heterocycles. The highest BCUT2D eigenvalue weighted by atomic mass is 35.5. The number of nitrogens with one attached hydrogen (secondary N) is 2. The predicted molar refractivity (Wildman–Crippen MR) is 93.8 cm³/mol. The van der Waals surface area contributed by atoms with E-state index in [0.717, 1.165) is 30.9 Å². The number of ether oxygens (including phenoxy) is 1. The summed E-state index contributed by atoms with van der Waals surface area (Å²) in [6, 6.07) is 7.34. The van der Waals surface area contributed by atoms with E-state index in [2.05, 4.69) is 15.7 Å². The van der Waals surface area contributed by atoms with E-state index in [1.165, 1.54) is 0 Å². The van der Waals surface area contributed by atoms with Crippen LogP contribution in [0.25, 0.3) is 0 Å². The summed E-state index contributed by atoms with van der Waals surface area (Å²) in [6.45, 7) is 3.65. The van der Waals surface area contributed by atoms with Gasteiger partial charge in [0.2, 0.25) is 0 Å². The van der Waals surface area contributed by atoms with Crippen molar-refractivity contribution in [2.45, 2.75) is 19.9 Å². The van der Waals surface area contributed by atoms with Crippen LogP contribution in [-0.2, 0) is 6.54 Å². The summed E-state index contributed by atoms with van der Waals surface area (Å²) in [7, 11) is 1.61. The summed E-state index contributed by atoms with van der Waals surface area (Å²) in [5, 5.41) is 11.7. The van der Waals surface area contributed by atoms with Gasteiger partial charge in [0.1, 0.15) is 5.75 Å². The Labute approximate surface area is 140 Å². The lowest BCUT2D eigenvalue weighted by Crippen LogP contribution is -2.30. The van der Waals surface area contributed by atoms with Crippen LogP contribution < -0.4 is 15.4 Å². The molecule has 0 bridgehead atoms. The maximum Gasteiger partial charge on any atom is 0.170 e. The van der Waals surface area contributed by atoms with Gasteiger partial charge in [0.25, 0.3) is 0 Å². The molecule has 0 aliphatic carbocycles. The second-order valence-corrected chi connectivity index (χ2v) is 5.62. The fourth-order valence-corrected chi connectivity index (χ4v) is 2.39. The van der Waals surface area contributed by atoms with Crippen LogP contribution in [0.4, 0.5) is 5.69 Å². The number of aryl methyl sites for hydroxylation is 2. The lowest BCUT2D eigenvalue weighted by Gasteiger charge is -2.14. The van der Waals surface area contributed by atoms with Crippen LogP contribution in [-0.4, -0.2) is 28.5 Å². The molecule has 0 saturated carbocycles. The molecule has 0 amide bonds. The molecule has 0 radical (unpaired) electrons. The van der Waals surface area contributed by atoms with Gasteiger partial charge in [0.05, 0.1) is 12.8 Å². The Balaban J connectivity index is 1.78. The fraction of sp³-hybridized carbons (Fsp3) is 0.333. The fourth-order valence-electron chi connectivity index (χ4n) is 2.01. The van der Waals surface area contributed by atoms with E-state index in [1.54, 1.807) is 31.5 Å². The number of rotatable bonds is 6. The number of nitrogens with zero attached hydrogens (tertiary/aromatic N) is 2. The third kappa shape index (κ3) is 4.61. The zero-order valence-electron chi connectivity index (χ0n) is 12.6. The van der Waals surface area contributed by atoms with Crippen molar-refractivity contribution in [3.63, 3.8) is 0 Å². The van der Waals surface area contributed by atoms with Gasteiger partial charge in [0, 0.05) is 30.0 Å². The molecular formula is C15H19ClN4OS. The van der Waals surface area contributed by atoms with Crippen molar-refractivity contribution >= 4 is 34.6 Å². The molecule has 0 fully saturated rings. The van der Waals surface area contributed by atoms with Gasteiger partial charge >= 0.3 is 0 Å². The van der Waals surface area contributed by atoms with Gasteiger partial charge < -0.3 is 15.4 Å². The van der Waals surface area contributed by atoms with Gasteiger partial charge in [-0.05, 0) is 49.8 Å². The molecule has 0 saturated heterocycles. The molecule has 0 spiro atoms. The first-order valence-electron chi connectivity index (χ1n) is 6.97.